The summed E-state index contributed by atoms with van der Waals surface area (Å²) in [6.45, 7) is 0. The molecule has 0 saturated heterocycles. The molecule has 0 atom stereocenters. The number of nitrogens with zero attached hydrogens (tertiary/aromatic N) is 1. The average Bonchev–Trinajstić information content (AvgIpc) is 3.08. The van der Waals surface area contributed by atoms with E-state index in [1.54, 1.807) is 29.5 Å². The highest BCUT2D eigenvalue weighted by molar-refractivity contribution is 7.21. The fourth-order valence-electron chi connectivity index (χ4n) is 2.57. The molecule has 1 amide bonds. The van der Waals surface area contributed by atoms with E-state index in [9.17, 15) is 4.79 Å². The third-order valence-electron chi connectivity index (χ3n) is 3.88. The molecule has 3 aromatic carbocycles. The summed E-state index contributed by atoms with van der Waals surface area (Å²) in [5.74, 6) is -0.301. The number of hydrogen-bond acceptors (Lipinski definition) is 3. The summed E-state index contributed by atoms with van der Waals surface area (Å²) in [6, 6.07) is 20.6. The van der Waals surface area contributed by atoms with Gasteiger partial charge >= 0.3 is 0 Å². The number of amides is 1. The molecule has 128 valence electrons. The lowest BCUT2D eigenvalue weighted by molar-refractivity contribution is 0.102. The van der Waals surface area contributed by atoms with E-state index in [0.717, 1.165) is 20.8 Å². The minimum Gasteiger partial charge on any atom is -0.322 e. The number of carbonyl (C=O) groups is 1. The molecule has 4 aromatic rings. The summed E-state index contributed by atoms with van der Waals surface area (Å²) >= 11 is 13.7. The SMILES string of the molecule is O=C(Nc1ccc(-c2nc3ccccc3s2)cc1)c1cccc(Cl)c1Cl. The van der Waals surface area contributed by atoms with Gasteiger partial charge < -0.3 is 5.32 Å². The quantitative estimate of drug-likeness (QED) is 0.426. The van der Waals surface area contributed by atoms with Crippen molar-refractivity contribution in [2.75, 3.05) is 5.32 Å². The van der Waals surface area contributed by atoms with Gasteiger partial charge in [0, 0.05) is 11.3 Å². The molecule has 1 aromatic heterocycles. The zero-order chi connectivity index (χ0) is 18.1. The Labute approximate surface area is 164 Å². The van der Waals surface area contributed by atoms with Crippen LogP contribution in [-0.2, 0) is 0 Å². The Morgan fingerprint density at radius 2 is 1.69 bits per heavy atom. The van der Waals surface area contributed by atoms with Crippen LogP contribution in [0.2, 0.25) is 10.0 Å². The molecular formula is C20H12Cl2N2OS. The molecule has 3 nitrogen and oxygen atoms in total. The van der Waals surface area contributed by atoms with E-state index in [2.05, 4.69) is 16.4 Å². The van der Waals surface area contributed by atoms with Gasteiger partial charge in [0.05, 0.1) is 25.8 Å². The number of halogens is 2. The average molecular weight is 399 g/mol. The van der Waals surface area contributed by atoms with E-state index >= 15 is 0 Å². The van der Waals surface area contributed by atoms with Gasteiger partial charge in [0.15, 0.2) is 0 Å². The zero-order valence-corrected chi connectivity index (χ0v) is 15.7. The number of carbonyl (C=O) groups excluding carboxylic acids is 1. The lowest BCUT2D eigenvalue weighted by Crippen LogP contribution is -2.12. The second-order valence-electron chi connectivity index (χ2n) is 5.62. The molecule has 0 radical (unpaired) electrons. The molecule has 4 rings (SSSR count). The highest BCUT2D eigenvalue weighted by atomic mass is 35.5. The maximum Gasteiger partial charge on any atom is 0.257 e. The van der Waals surface area contributed by atoms with E-state index in [1.165, 1.54) is 0 Å². The summed E-state index contributed by atoms with van der Waals surface area (Å²) in [6.07, 6.45) is 0. The molecule has 1 N–H and O–H groups in total. The largest absolute Gasteiger partial charge is 0.322 e. The van der Waals surface area contributed by atoms with Crippen LogP contribution in [0.15, 0.2) is 66.7 Å². The van der Waals surface area contributed by atoms with Crippen LogP contribution in [0.3, 0.4) is 0 Å². The van der Waals surface area contributed by atoms with E-state index < -0.39 is 0 Å². The third-order valence-corrected chi connectivity index (χ3v) is 5.78. The van der Waals surface area contributed by atoms with Crippen molar-refractivity contribution in [2.24, 2.45) is 0 Å². The molecule has 0 aliphatic heterocycles. The Kier molecular flexibility index (Phi) is 4.64. The zero-order valence-electron chi connectivity index (χ0n) is 13.4. The summed E-state index contributed by atoms with van der Waals surface area (Å²) < 4.78 is 1.15. The van der Waals surface area contributed by atoms with Crippen molar-refractivity contribution < 1.29 is 4.79 Å². The topological polar surface area (TPSA) is 42.0 Å². The normalized spacial score (nSPS) is 10.8. The Balaban J connectivity index is 1.56. The summed E-state index contributed by atoms with van der Waals surface area (Å²) in [5, 5.41) is 4.38. The van der Waals surface area contributed by atoms with Crippen molar-refractivity contribution >= 4 is 56.3 Å². The molecule has 6 heteroatoms. The first-order chi connectivity index (χ1) is 12.6. The second-order valence-corrected chi connectivity index (χ2v) is 7.44. The Hall–Kier alpha value is -2.40. The van der Waals surface area contributed by atoms with Crippen LogP contribution in [0.1, 0.15) is 10.4 Å². The molecule has 0 bridgehead atoms. The van der Waals surface area contributed by atoms with Gasteiger partial charge in [-0.3, -0.25) is 4.79 Å². The first-order valence-corrected chi connectivity index (χ1v) is 9.40. The van der Waals surface area contributed by atoms with Gasteiger partial charge in [-0.2, -0.15) is 0 Å². The maximum absolute atomic E-state index is 12.4. The van der Waals surface area contributed by atoms with Crippen LogP contribution < -0.4 is 5.32 Å². The highest BCUT2D eigenvalue weighted by Crippen LogP contribution is 2.31. The number of aromatic nitrogens is 1. The van der Waals surface area contributed by atoms with E-state index in [1.807, 2.05) is 42.5 Å². The van der Waals surface area contributed by atoms with Crippen molar-refractivity contribution in [1.82, 2.24) is 4.98 Å². The molecule has 0 saturated carbocycles. The highest BCUT2D eigenvalue weighted by Gasteiger charge is 2.13. The lowest BCUT2D eigenvalue weighted by Gasteiger charge is -2.08. The standard InChI is InChI=1S/C20H12Cl2N2OS/c21-15-5-3-4-14(18(15)22)19(25)23-13-10-8-12(9-11-13)20-24-16-6-1-2-7-17(16)26-20/h1-11H,(H,23,25). The number of para-hydroxylation sites is 1. The van der Waals surface area contributed by atoms with Crippen LogP contribution in [0.5, 0.6) is 0 Å². The van der Waals surface area contributed by atoms with Crippen LogP contribution in [0, 0.1) is 0 Å². The van der Waals surface area contributed by atoms with Gasteiger partial charge in [-0.05, 0) is 48.5 Å². The molecular weight excluding hydrogens is 387 g/mol. The molecule has 0 spiro atoms. The van der Waals surface area contributed by atoms with E-state index in [0.29, 0.717) is 16.3 Å². The summed E-state index contributed by atoms with van der Waals surface area (Å²) in [5.41, 5.74) is 3.01. The minimum atomic E-state index is -0.301. The Morgan fingerprint density at radius 1 is 0.923 bits per heavy atom. The molecule has 26 heavy (non-hydrogen) atoms. The lowest BCUT2D eigenvalue weighted by atomic mass is 10.2. The molecule has 0 aliphatic carbocycles. The number of hydrogen-bond donors (Lipinski definition) is 1. The van der Waals surface area contributed by atoms with Gasteiger partial charge in [-0.15, -0.1) is 11.3 Å². The first-order valence-electron chi connectivity index (χ1n) is 7.83. The molecule has 1 heterocycles. The third kappa shape index (κ3) is 3.31. The fourth-order valence-corrected chi connectivity index (χ4v) is 3.93. The Bertz CT molecular complexity index is 1070. The van der Waals surface area contributed by atoms with Crippen molar-refractivity contribution in [3.63, 3.8) is 0 Å². The van der Waals surface area contributed by atoms with Gasteiger partial charge in [0.25, 0.3) is 5.91 Å². The Morgan fingerprint density at radius 3 is 2.46 bits per heavy atom. The molecule has 0 aliphatic rings. The van der Waals surface area contributed by atoms with Crippen LogP contribution >= 0.6 is 34.5 Å². The molecule has 0 unspecified atom stereocenters. The van der Waals surface area contributed by atoms with E-state index in [-0.39, 0.29) is 10.9 Å². The van der Waals surface area contributed by atoms with Gasteiger partial charge in [0.1, 0.15) is 5.01 Å². The van der Waals surface area contributed by atoms with Crippen molar-refractivity contribution in [2.45, 2.75) is 0 Å². The monoisotopic (exact) mass is 398 g/mol. The van der Waals surface area contributed by atoms with Gasteiger partial charge in [-0.1, -0.05) is 41.4 Å². The number of rotatable bonds is 3. The number of fused-ring (bicyclic) bond motifs is 1. The summed E-state index contributed by atoms with van der Waals surface area (Å²) in [7, 11) is 0. The maximum atomic E-state index is 12.4. The fraction of sp³-hybridized carbons (Fsp3) is 0. The van der Waals surface area contributed by atoms with Crippen molar-refractivity contribution in [3.05, 3.63) is 82.3 Å². The predicted molar refractivity (Wildman–Crippen MR) is 109 cm³/mol. The summed E-state index contributed by atoms with van der Waals surface area (Å²) in [4.78, 5) is 17.0. The minimum absolute atomic E-state index is 0.248. The van der Waals surface area contributed by atoms with Gasteiger partial charge in [0.2, 0.25) is 0 Å². The van der Waals surface area contributed by atoms with Crippen molar-refractivity contribution in [1.29, 1.82) is 0 Å². The van der Waals surface area contributed by atoms with Crippen molar-refractivity contribution in [3.8, 4) is 10.6 Å². The van der Waals surface area contributed by atoms with Gasteiger partial charge in [-0.25, -0.2) is 4.98 Å². The first kappa shape index (κ1) is 17.0. The number of benzene rings is 3. The molecule has 0 fully saturated rings. The number of thiazole rings is 1. The van der Waals surface area contributed by atoms with Crippen LogP contribution in [0.25, 0.3) is 20.8 Å². The van der Waals surface area contributed by atoms with E-state index in [4.69, 9.17) is 23.2 Å². The van der Waals surface area contributed by atoms with Crippen LogP contribution in [-0.4, -0.2) is 10.9 Å². The number of anilines is 1. The van der Waals surface area contributed by atoms with Crippen LogP contribution in [0.4, 0.5) is 5.69 Å². The second kappa shape index (κ2) is 7.08. The smallest absolute Gasteiger partial charge is 0.257 e. The predicted octanol–water partition coefficient (Wildman–Crippen LogP) is 6.52. The number of nitrogens with one attached hydrogen (secondary N) is 1.